The maximum absolute atomic E-state index is 10.0. The number of thioether (sulfide) groups is 1. The van der Waals surface area contributed by atoms with Crippen LogP contribution in [-0.4, -0.2) is 15.6 Å². The topological polar surface area (TPSA) is 20.2 Å². The zero-order chi connectivity index (χ0) is 12.3. The highest BCUT2D eigenvalue weighted by Crippen LogP contribution is 2.32. The lowest BCUT2D eigenvalue weighted by atomic mass is 10.1. The van der Waals surface area contributed by atoms with Crippen LogP contribution in [0.1, 0.15) is 32.4 Å². The van der Waals surface area contributed by atoms with Gasteiger partial charge in [-0.2, -0.15) is 11.8 Å². The first-order valence-corrected chi connectivity index (χ1v) is 6.81. The summed E-state index contributed by atoms with van der Waals surface area (Å²) in [5.74, 6) is 0.615. The van der Waals surface area contributed by atoms with Crippen molar-refractivity contribution in [3.05, 3.63) is 33.8 Å². The maximum Gasteiger partial charge on any atom is 0.0895 e. The molecule has 1 aromatic carbocycles. The molecule has 1 nitrogen and oxygen atoms in total. The third kappa shape index (κ3) is 4.54. The van der Waals surface area contributed by atoms with Crippen LogP contribution < -0.4 is 0 Å². The molecule has 0 saturated heterocycles. The first-order chi connectivity index (χ1) is 7.29. The van der Waals surface area contributed by atoms with Gasteiger partial charge in [0.2, 0.25) is 0 Å². The van der Waals surface area contributed by atoms with Crippen LogP contribution in [0.5, 0.6) is 0 Å². The van der Waals surface area contributed by atoms with E-state index in [1.165, 1.54) is 0 Å². The zero-order valence-corrected chi connectivity index (χ0v) is 12.0. The number of benzene rings is 1. The van der Waals surface area contributed by atoms with Gasteiger partial charge in [-0.25, -0.2) is 0 Å². The van der Waals surface area contributed by atoms with Crippen LogP contribution >= 0.6 is 35.0 Å². The van der Waals surface area contributed by atoms with E-state index in [0.29, 0.717) is 21.4 Å². The van der Waals surface area contributed by atoms with E-state index >= 15 is 0 Å². The summed E-state index contributed by atoms with van der Waals surface area (Å²) >= 11 is 13.6. The van der Waals surface area contributed by atoms with Crippen molar-refractivity contribution in [2.75, 3.05) is 5.75 Å². The average Bonchev–Trinajstić information content (AvgIpc) is 2.17. The van der Waals surface area contributed by atoms with Gasteiger partial charge in [-0.3, -0.25) is 0 Å². The lowest BCUT2D eigenvalue weighted by Crippen LogP contribution is -2.12. The predicted octanol–water partition coefficient (Wildman–Crippen LogP) is 4.56. The average molecular weight is 279 g/mol. The Balaban J connectivity index is 2.73. The quantitative estimate of drug-likeness (QED) is 0.875. The van der Waals surface area contributed by atoms with E-state index < -0.39 is 6.10 Å². The van der Waals surface area contributed by atoms with E-state index in [1.54, 1.807) is 30.0 Å². The zero-order valence-electron chi connectivity index (χ0n) is 9.63. The van der Waals surface area contributed by atoms with Crippen LogP contribution in [0.3, 0.4) is 0 Å². The van der Waals surface area contributed by atoms with Gasteiger partial charge >= 0.3 is 0 Å². The molecule has 1 rings (SSSR count). The Labute approximate surface area is 111 Å². The molecule has 0 radical (unpaired) electrons. The fourth-order valence-corrected chi connectivity index (χ4v) is 2.45. The smallest absolute Gasteiger partial charge is 0.0895 e. The molecule has 0 spiro atoms. The monoisotopic (exact) mass is 278 g/mol. The van der Waals surface area contributed by atoms with Gasteiger partial charge in [0.1, 0.15) is 0 Å². The standard InChI is InChI=1S/C12H16Cl2OS/c1-12(2,3)16-7-11(15)9-6-8(13)4-5-10(9)14/h4-6,11,15H,7H2,1-3H3. The Kier molecular flexibility index (Phi) is 4.99. The van der Waals surface area contributed by atoms with Crippen LogP contribution in [0.15, 0.2) is 18.2 Å². The molecule has 4 heteroatoms. The molecule has 1 N–H and O–H groups in total. The van der Waals surface area contributed by atoms with Crippen molar-refractivity contribution >= 4 is 35.0 Å². The van der Waals surface area contributed by atoms with E-state index in [-0.39, 0.29) is 4.75 Å². The molecule has 1 atom stereocenters. The molecule has 0 heterocycles. The van der Waals surface area contributed by atoms with Crippen molar-refractivity contribution in [2.24, 2.45) is 0 Å². The highest BCUT2D eigenvalue weighted by atomic mass is 35.5. The van der Waals surface area contributed by atoms with E-state index in [1.807, 2.05) is 0 Å². The van der Waals surface area contributed by atoms with Gasteiger partial charge in [0.25, 0.3) is 0 Å². The van der Waals surface area contributed by atoms with Crippen molar-refractivity contribution in [1.82, 2.24) is 0 Å². The van der Waals surface area contributed by atoms with Crippen molar-refractivity contribution < 1.29 is 5.11 Å². The number of aliphatic hydroxyl groups is 1. The minimum Gasteiger partial charge on any atom is -0.387 e. The van der Waals surface area contributed by atoms with Crippen LogP contribution in [0.25, 0.3) is 0 Å². The van der Waals surface area contributed by atoms with Crippen molar-refractivity contribution in [1.29, 1.82) is 0 Å². The Hall–Kier alpha value is 0.110. The van der Waals surface area contributed by atoms with Gasteiger partial charge in [-0.1, -0.05) is 44.0 Å². The second kappa shape index (κ2) is 5.63. The van der Waals surface area contributed by atoms with Gasteiger partial charge in [0.05, 0.1) is 6.10 Å². The Bertz CT molecular complexity index is 361. The van der Waals surface area contributed by atoms with Crippen LogP contribution in [0.2, 0.25) is 10.0 Å². The lowest BCUT2D eigenvalue weighted by Gasteiger charge is -2.20. The van der Waals surface area contributed by atoms with E-state index in [0.717, 1.165) is 0 Å². The molecule has 0 aliphatic heterocycles. The Morgan fingerprint density at radius 3 is 2.50 bits per heavy atom. The minimum atomic E-state index is -0.574. The molecule has 1 unspecified atom stereocenters. The highest BCUT2D eigenvalue weighted by molar-refractivity contribution is 8.00. The third-order valence-corrected chi connectivity index (χ3v) is 3.92. The van der Waals surface area contributed by atoms with Crippen LogP contribution in [0, 0.1) is 0 Å². The number of halogens is 2. The Morgan fingerprint density at radius 2 is 1.94 bits per heavy atom. The summed E-state index contributed by atoms with van der Waals surface area (Å²) in [5, 5.41) is 11.2. The normalized spacial score (nSPS) is 13.9. The molecule has 1 aromatic rings. The molecule has 0 aliphatic rings. The molecular weight excluding hydrogens is 263 g/mol. The first-order valence-electron chi connectivity index (χ1n) is 5.06. The predicted molar refractivity (Wildman–Crippen MR) is 73.6 cm³/mol. The van der Waals surface area contributed by atoms with Gasteiger partial charge < -0.3 is 5.11 Å². The second-order valence-corrected chi connectivity index (χ2v) is 7.30. The van der Waals surface area contributed by atoms with E-state index in [4.69, 9.17) is 23.2 Å². The van der Waals surface area contributed by atoms with Gasteiger partial charge in [0.15, 0.2) is 0 Å². The molecule has 0 amide bonds. The van der Waals surface area contributed by atoms with Gasteiger partial charge in [-0.05, 0) is 18.2 Å². The summed E-state index contributed by atoms with van der Waals surface area (Å²) in [6.07, 6.45) is -0.574. The van der Waals surface area contributed by atoms with E-state index in [2.05, 4.69) is 20.8 Å². The lowest BCUT2D eigenvalue weighted by molar-refractivity contribution is 0.204. The first kappa shape index (κ1) is 14.2. The van der Waals surface area contributed by atoms with Crippen LogP contribution in [-0.2, 0) is 0 Å². The van der Waals surface area contributed by atoms with E-state index in [9.17, 15) is 5.11 Å². The third-order valence-electron chi connectivity index (χ3n) is 1.99. The minimum absolute atomic E-state index is 0.131. The number of rotatable bonds is 3. The van der Waals surface area contributed by atoms with Crippen molar-refractivity contribution in [3.63, 3.8) is 0 Å². The fraction of sp³-hybridized carbons (Fsp3) is 0.500. The summed E-state index contributed by atoms with van der Waals surface area (Å²) in [4.78, 5) is 0. The molecule has 0 aliphatic carbocycles. The largest absolute Gasteiger partial charge is 0.387 e. The SMILES string of the molecule is CC(C)(C)SCC(O)c1cc(Cl)ccc1Cl. The molecule has 0 saturated carbocycles. The summed E-state index contributed by atoms with van der Waals surface area (Å²) in [6, 6.07) is 5.15. The molecule has 16 heavy (non-hydrogen) atoms. The fourth-order valence-electron chi connectivity index (χ4n) is 1.19. The Morgan fingerprint density at radius 1 is 1.31 bits per heavy atom. The second-order valence-electron chi connectivity index (χ2n) is 4.61. The summed E-state index contributed by atoms with van der Waals surface area (Å²) in [5.41, 5.74) is 0.700. The van der Waals surface area contributed by atoms with Crippen molar-refractivity contribution in [2.45, 2.75) is 31.6 Å². The number of hydrogen-bond acceptors (Lipinski definition) is 2. The number of hydrogen-bond donors (Lipinski definition) is 1. The molecule has 0 bridgehead atoms. The van der Waals surface area contributed by atoms with Crippen molar-refractivity contribution in [3.8, 4) is 0 Å². The molecular formula is C12H16Cl2OS. The highest BCUT2D eigenvalue weighted by Gasteiger charge is 2.17. The van der Waals surface area contributed by atoms with Crippen LogP contribution in [0.4, 0.5) is 0 Å². The summed E-state index contributed by atoms with van der Waals surface area (Å²) in [7, 11) is 0. The summed E-state index contributed by atoms with van der Waals surface area (Å²) in [6.45, 7) is 6.35. The maximum atomic E-state index is 10.0. The molecule has 0 aromatic heterocycles. The molecule has 90 valence electrons. The number of aliphatic hydroxyl groups excluding tert-OH is 1. The van der Waals surface area contributed by atoms with Gasteiger partial charge in [0, 0.05) is 26.1 Å². The van der Waals surface area contributed by atoms with Gasteiger partial charge in [-0.15, -0.1) is 0 Å². The molecule has 0 fully saturated rings. The summed E-state index contributed by atoms with van der Waals surface area (Å²) < 4.78 is 0.131.